The van der Waals surface area contributed by atoms with Gasteiger partial charge in [-0.1, -0.05) is 12.1 Å². The molecule has 0 saturated carbocycles. The van der Waals surface area contributed by atoms with E-state index >= 15 is 0 Å². The minimum absolute atomic E-state index is 0. The first-order valence-electron chi connectivity index (χ1n) is 2.57. The predicted octanol–water partition coefficient (Wildman–Crippen LogP) is 2.34. The number of benzene rings is 1. The van der Waals surface area contributed by atoms with Crippen molar-refractivity contribution in [2.45, 2.75) is 0 Å². The number of halogens is 2. The van der Waals surface area contributed by atoms with Crippen LogP contribution in [0.15, 0.2) is 24.3 Å². The smallest absolute Gasteiger partial charge is 0.123 e. The fourth-order valence-electron chi connectivity index (χ4n) is 0.507. The summed E-state index contributed by atoms with van der Waals surface area (Å²) in [6.07, 6.45) is 2.72. The Kier molecular flexibility index (Phi) is 11.0. The van der Waals surface area contributed by atoms with Crippen LogP contribution in [0, 0.1) is 12.2 Å². The van der Waals surface area contributed by atoms with Gasteiger partial charge in [0.25, 0.3) is 0 Å². The zero-order valence-electron chi connectivity index (χ0n) is 5.67. The molecule has 0 aliphatic rings. The zero-order valence-corrected chi connectivity index (χ0v) is 9.13. The molecule has 1 rings (SSSR count). The average molecular weight is 284 g/mol. The largest absolute Gasteiger partial charge is 0.352 e. The van der Waals surface area contributed by atoms with E-state index in [0.29, 0.717) is 0 Å². The second kappa shape index (κ2) is 8.63. The fourth-order valence-corrected chi connectivity index (χ4v) is 0.777. The van der Waals surface area contributed by atoms with E-state index in [2.05, 4.69) is 27.2 Å². The molecule has 0 fully saturated rings. The van der Waals surface area contributed by atoms with Gasteiger partial charge in [0.05, 0.1) is 0 Å². The van der Waals surface area contributed by atoms with E-state index < -0.39 is 0 Å². The van der Waals surface area contributed by atoms with Gasteiger partial charge in [-0.25, -0.2) is 4.39 Å². The molecule has 1 aromatic rings. The Morgan fingerprint density at radius 2 is 1.91 bits per heavy atom. The Hall–Kier alpha value is 0.532. The van der Waals surface area contributed by atoms with Crippen LogP contribution in [0.4, 0.5) is 4.39 Å². The van der Waals surface area contributed by atoms with E-state index in [9.17, 15) is 4.39 Å². The van der Waals surface area contributed by atoms with Crippen molar-refractivity contribution in [2.24, 2.45) is 0 Å². The molecule has 0 aromatic heterocycles. The molecular formula is C7H8ClFPPd-. The molecule has 66 valence electrons. The van der Waals surface area contributed by atoms with Gasteiger partial charge in [-0.2, -0.15) is 0 Å². The summed E-state index contributed by atoms with van der Waals surface area (Å²) < 4.78 is 12.2. The summed E-state index contributed by atoms with van der Waals surface area (Å²) >= 11 is 4.39. The van der Waals surface area contributed by atoms with Gasteiger partial charge in [-0.15, -0.1) is 9.24 Å². The molecule has 0 amide bonds. The first-order valence-corrected chi connectivity index (χ1v) is 3.68. The maximum Gasteiger partial charge on any atom is 0.123 e. The van der Waals surface area contributed by atoms with Gasteiger partial charge in [0, 0.05) is 20.4 Å². The molecule has 0 nitrogen and oxygen atoms in total. The third-order valence-electron chi connectivity index (χ3n) is 0.849. The maximum atomic E-state index is 12.2. The number of hydrogen-bond donors (Lipinski definition) is 0. The van der Waals surface area contributed by atoms with E-state index in [0.717, 1.165) is 5.30 Å². The Labute approximate surface area is 87.4 Å². The van der Waals surface area contributed by atoms with Crippen LogP contribution in [0.3, 0.4) is 0 Å². The summed E-state index contributed by atoms with van der Waals surface area (Å²) in [4.78, 5) is 0. The van der Waals surface area contributed by atoms with Crippen LogP contribution in [0.1, 0.15) is 0 Å². The molecule has 1 atom stereocenters. The summed E-state index contributed by atoms with van der Waals surface area (Å²) in [5, 5.41) is 0.880. The quantitative estimate of drug-likeness (QED) is 0.390. The van der Waals surface area contributed by atoms with Crippen molar-refractivity contribution in [1.82, 2.24) is 0 Å². The second-order valence-electron chi connectivity index (χ2n) is 1.56. The first kappa shape index (κ1) is 14.1. The van der Waals surface area contributed by atoms with E-state index in [1.807, 2.05) is 6.07 Å². The molecule has 1 unspecified atom stereocenters. The number of rotatable bonds is 0. The molecule has 0 heterocycles. The molecule has 0 aliphatic heterocycles. The maximum absolute atomic E-state index is 12.2. The number of hydrogen-bond acceptors (Lipinski definition) is 0. The van der Waals surface area contributed by atoms with Crippen molar-refractivity contribution in [1.29, 1.82) is 0 Å². The zero-order chi connectivity index (χ0) is 7.98. The van der Waals surface area contributed by atoms with Gasteiger partial charge < -0.3 is 11.6 Å². The molecular weight excluding hydrogens is 276 g/mol. The average Bonchev–Trinajstić information content (AvgIpc) is 1.91. The van der Waals surface area contributed by atoms with Crippen molar-refractivity contribution < 1.29 is 24.8 Å². The monoisotopic (exact) mass is 283 g/mol. The van der Waals surface area contributed by atoms with Crippen LogP contribution in [0.5, 0.6) is 0 Å². The van der Waals surface area contributed by atoms with Gasteiger partial charge in [-0.3, -0.25) is 6.38 Å². The van der Waals surface area contributed by atoms with Crippen molar-refractivity contribution >= 4 is 26.1 Å². The van der Waals surface area contributed by atoms with Crippen LogP contribution >= 0.6 is 20.8 Å². The van der Waals surface area contributed by atoms with Crippen molar-refractivity contribution in [3.05, 3.63) is 36.5 Å². The van der Waals surface area contributed by atoms with Crippen LogP contribution in [-0.2, 0) is 20.4 Å². The molecule has 4 heteroatoms. The minimum atomic E-state index is -0.183. The summed E-state index contributed by atoms with van der Waals surface area (Å²) in [5.41, 5.74) is 0. The minimum Gasteiger partial charge on any atom is -0.352 e. The molecule has 11 heavy (non-hydrogen) atoms. The molecule has 0 spiro atoms. The summed E-state index contributed by atoms with van der Waals surface area (Å²) in [5.74, 6) is -0.183. The fraction of sp³-hybridized carbons (Fsp3) is 0. The molecule has 0 N–H and O–H groups in total. The van der Waals surface area contributed by atoms with Crippen molar-refractivity contribution in [2.75, 3.05) is 0 Å². The van der Waals surface area contributed by atoms with E-state index in [4.69, 9.17) is 0 Å². The Morgan fingerprint density at radius 1 is 1.36 bits per heavy atom. The summed E-state index contributed by atoms with van der Waals surface area (Å²) in [6.45, 7) is 0. The molecule has 0 saturated heterocycles. The van der Waals surface area contributed by atoms with Crippen LogP contribution in [0.2, 0.25) is 0 Å². The van der Waals surface area contributed by atoms with Gasteiger partial charge in [0.2, 0.25) is 0 Å². The van der Waals surface area contributed by atoms with E-state index in [1.54, 1.807) is 6.07 Å². The van der Waals surface area contributed by atoms with Gasteiger partial charge in [-0.05, 0) is 17.4 Å². The van der Waals surface area contributed by atoms with Gasteiger partial charge in [0.1, 0.15) is 5.82 Å². The van der Waals surface area contributed by atoms with Gasteiger partial charge in [0.15, 0.2) is 0 Å². The SMILES string of the molecule is Fc1cccc(P)c1.[CH2-]Cl.[Pd]. The van der Waals surface area contributed by atoms with Crippen LogP contribution < -0.4 is 5.30 Å². The molecule has 0 bridgehead atoms. The summed E-state index contributed by atoms with van der Waals surface area (Å²) in [7, 11) is 2.42. The Morgan fingerprint density at radius 3 is 2.18 bits per heavy atom. The van der Waals surface area contributed by atoms with Crippen molar-refractivity contribution in [3.63, 3.8) is 0 Å². The summed E-state index contributed by atoms with van der Waals surface area (Å²) in [6, 6.07) is 6.39. The standard InChI is InChI=1S/C6H6FP.CH2Cl.Pd/c7-5-2-1-3-6(8)4-5;1-2;/h1-4H,8H2;1H2;/q;-1;. The second-order valence-corrected chi connectivity index (χ2v) is 2.22. The topological polar surface area (TPSA) is 0 Å². The van der Waals surface area contributed by atoms with Crippen LogP contribution in [0.25, 0.3) is 0 Å². The first-order chi connectivity index (χ1) is 4.79. The molecule has 0 radical (unpaired) electrons. The normalized spacial score (nSPS) is 7.27. The third-order valence-corrected chi connectivity index (χ3v) is 1.21. The van der Waals surface area contributed by atoms with E-state index in [1.165, 1.54) is 12.1 Å². The molecule has 0 aliphatic carbocycles. The molecule has 1 aromatic carbocycles. The van der Waals surface area contributed by atoms with Crippen LogP contribution in [-0.4, -0.2) is 0 Å². The van der Waals surface area contributed by atoms with Crippen molar-refractivity contribution in [3.8, 4) is 0 Å². The Bertz CT molecular complexity index is 178. The Balaban J connectivity index is 0. The van der Waals surface area contributed by atoms with Gasteiger partial charge >= 0.3 is 0 Å². The third kappa shape index (κ3) is 6.91. The van der Waals surface area contributed by atoms with E-state index in [-0.39, 0.29) is 26.2 Å². The predicted molar refractivity (Wildman–Crippen MR) is 47.0 cm³/mol.